The van der Waals surface area contributed by atoms with Crippen LogP contribution in [0.1, 0.15) is 28.8 Å². The second-order valence-corrected chi connectivity index (χ2v) is 7.16. The first-order valence-electron chi connectivity index (χ1n) is 7.57. The van der Waals surface area contributed by atoms with Gasteiger partial charge in [0.1, 0.15) is 0 Å². The van der Waals surface area contributed by atoms with Crippen LogP contribution in [0.25, 0.3) is 0 Å². The summed E-state index contributed by atoms with van der Waals surface area (Å²) >= 11 is 5.44. The Morgan fingerprint density at radius 1 is 1.09 bits per heavy atom. The van der Waals surface area contributed by atoms with E-state index in [1.807, 2.05) is 30.0 Å². The van der Waals surface area contributed by atoms with Gasteiger partial charge in [0, 0.05) is 15.9 Å². The lowest BCUT2D eigenvalue weighted by Crippen LogP contribution is -2.14. The van der Waals surface area contributed by atoms with Gasteiger partial charge in [-0.2, -0.15) is 0 Å². The van der Waals surface area contributed by atoms with Gasteiger partial charge in [0.25, 0.3) is 0 Å². The van der Waals surface area contributed by atoms with Crippen molar-refractivity contribution in [1.29, 1.82) is 0 Å². The van der Waals surface area contributed by atoms with Crippen LogP contribution in [0.3, 0.4) is 0 Å². The maximum Gasteiger partial charge on any atom is 0.335 e. The fourth-order valence-electron chi connectivity index (χ4n) is 2.09. The third-order valence-electron chi connectivity index (χ3n) is 3.37. The van der Waals surface area contributed by atoms with Crippen molar-refractivity contribution in [3.63, 3.8) is 0 Å². The molecule has 0 amide bonds. The van der Waals surface area contributed by atoms with Crippen molar-refractivity contribution in [1.82, 2.24) is 5.32 Å². The predicted octanol–water partition coefficient (Wildman–Crippen LogP) is 4.81. The largest absolute Gasteiger partial charge is 0.478 e. The zero-order chi connectivity index (χ0) is 16.5. The fraction of sp³-hybridized carbons (Fsp3) is 0.278. The normalized spacial score (nSPS) is 10.7. The number of nitrogens with one attached hydrogen (secondary N) is 1. The highest BCUT2D eigenvalue weighted by molar-refractivity contribution is 9.10. The monoisotopic (exact) mass is 393 g/mol. The Kier molecular flexibility index (Phi) is 7.65. The predicted molar refractivity (Wildman–Crippen MR) is 99.2 cm³/mol. The molecule has 0 aromatic heterocycles. The molecule has 0 unspecified atom stereocenters. The summed E-state index contributed by atoms with van der Waals surface area (Å²) in [6.07, 6.45) is 2.29. The number of halogens is 1. The van der Waals surface area contributed by atoms with Crippen molar-refractivity contribution in [2.24, 2.45) is 0 Å². The minimum atomic E-state index is -0.882. The van der Waals surface area contributed by atoms with Crippen molar-refractivity contribution in [2.75, 3.05) is 12.3 Å². The lowest BCUT2D eigenvalue weighted by atomic mass is 10.1. The highest BCUT2D eigenvalue weighted by atomic mass is 79.9. The summed E-state index contributed by atoms with van der Waals surface area (Å²) in [5.41, 5.74) is 1.44. The molecule has 0 spiro atoms. The average molecular weight is 394 g/mol. The molecule has 0 atom stereocenters. The van der Waals surface area contributed by atoms with Crippen LogP contribution in [0, 0.1) is 0 Å². The number of aromatic carboxylic acids is 1. The Hall–Kier alpha value is -1.30. The van der Waals surface area contributed by atoms with Gasteiger partial charge in [0.05, 0.1) is 5.56 Å². The number of hydrogen-bond donors (Lipinski definition) is 2. The Labute approximate surface area is 149 Å². The second kappa shape index (κ2) is 9.75. The molecule has 23 heavy (non-hydrogen) atoms. The lowest BCUT2D eigenvalue weighted by Gasteiger charge is -2.06. The van der Waals surface area contributed by atoms with E-state index in [0.29, 0.717) is 5.56 Å². The number of carboxylic acids is 1. The minimum Gasteiger partial charge on any atom is -0.478 e. The van der Waals surface area contributed by atoms with E-state index in [9.17, 15) is 4.79 Å². The quantitative estimate of drug-likeness (QED) is 0.474. The number of rotatable bonds is 9. The van der Waals surface area contributed by atoms with Gasteiger partial charge in [-0.1, -0.05) is 24.3 Å². The van der Waals surface area contributed by atoms with E-state index in [4.69, 9.17) is 5.11 Å². The smallest absolute Gasteiger partial charge is 0.335 e. The summed E-state index contributed by atoms with van der Waals surface area (Å²) in [4.78, 5) is 12.1. The summed E-state index contributed by atoms with van der Waals surface area (Å²) in [6.45, 7) is 1.74. The molecular weight excluding hydrogens is 374 g/mol. The zero-order valence-corrected chi connectivity index (χ0v) is 15.2. The molecule has 0 saturated carbocycles. The molecule has 0 aliphatic rings. The van der Waals surface area contributed by atoms with E-state index >= 15 is 0 Å². The van der Waals surface area contributed by atoms with E-state index in [-0.39, 0.29) is 0 Å². The van der Waals surface area contributed by atoms with Gasteiger partial charge in [-0.3, -0.25) is 0 Å². The van der Waals surface area contributed by atoms with Crippen molar-refractivity contribution >= 4 is 33.7 Å². The van der Waals surface area contributed by atoms with Crippen LogP contribution in [-0.4, -0.2) is 23.4 Å². The molecule has 0 heterocycles. The van der Waals surface area contributed by atoms with Gasteiger partial charge in [0.15, 0.2) is 0 Å². The van der Waals surface area contributed by atoms with E-state index in [1.54, 1.807) is 12.1 Å². The van der Waals surface area contributed by atoms with Gasteiger partial charge in [-0.15, -0.1) is 11.8 Å². The van der Waals surface area contributed by atoms with E-state index < -0.39 is 5.97 Å². The van der Waals surface area contributed by atoms with Gasteiger partial charge < -0.3 is 10.4 Å². The number of carboxylic acid groups (broad SMARTS) is 1. The topological polar surface area (TPSA) is 49.3 Å². The summed E-state index contributed by atoms with van der Waals surface area (Å²) in [7, 11) is 0. The van der Waals surface area contributed by atoms with Crippen LogP contribution in [0.4, 0.5) is 0 Å². The molecule has 0 saturated heterocycles. The molecule has 0 radical (unpaired) electrons. The molecule has 0 fully saturated rings. The molecule has 2 aromatic rings. The molecular formula is C18H20BrNO2S. The van der Waals surface area contributed by atoms with Crippen LogP contribution in [-0.2, 0) is 6.54 Å². The first-order chi connectivity index (χ1) is 11.2. The van der Waals surface area contributed by atoms with Crippen LogP contribution in [0.5, 0.6) is 0 Å². The van der Waals surface area contributed by atoms with E-state index in [0.717, 1.165) is 41.7 Å². The highest BCUT2D eigenvalue weighted by Gasteiger charge is 2.01. The Balaban J connectivity index is 1.57. The third-order valence-corrected chi connectivity index (χ3v) is 5.49. The van der Waals surface area contributed by atoms with E-state index in [2.05, 4.69) is 39.4 Å². The van der Waals surface area contributed by atoms with Crippen molar-refractivity contribution in [3.05, 3.63) is 64.1 Å². The van der Waals surface area contributed by atoms with Crippen molar-refractivity contribution in [2.45, 2.75) is 24.3 Å². The number of thioether (sulfide) groups is 1. The standard InChI is InChI=1S/C18H20BrNO2S/c19-16-5-1-2-6-17(16)23-12-4-3-11-20-13-14-7-9-15(10-8-14)18(21)22/h1-2,5-10,20H,3-4,11-13H2,(H,21,22). The van der Waals surface area contributed by atoms with Gasteiger partial charge >= 0.3 is 5.97 Å². The summed E-state index contributed by atoms with van der Waals surface area (Å²) < 4.78 is 1.16. The van der Waals surface area contributed by atoms with Crippen molar-refractivity contribution in [3.8, 4) is 0 Å². The van der Waals surface area contributed by atoms with Gasteiger partial charge in [-0.05, 0) is 70.9 Å². The number of hydrogen-bond acceptors (Lipinski definition) is 3. The third kappa shape index (κ3) is 6.37. The summed E-state index contributed by atoms with van der Waals surface area (Å²) in [6, 6.07) is 15.3. The highest BCUT2D eigenvalue weighted by Crippen LogP contribution is 2.27. The molecule has 5 heteroatoms. The summed E-state index contributed by atoms with van der Waals surface area (Å²) in [5, 5.41) is 12.2. The van der Waals surface area contributed by atoms with Gasteiger partial charge in [0.2, 0.25) is 0 Å². The van der Waals surface area contributed by atoms with Crippen molar-refractivity contribution < 1.29 is 9.90 Å². The molecule has 0 aliphatic heterocycles. The molecule has 0 aliphatic carbocycles. The maximum atomic E-state index is 10.8. The van der Waals surface area contributed by atoms with Crippen LogP contribution >= 0.6 is 27.7 Å². The molecule has 3 nitrogen and oxygen atoms in total. The van der Waals surface area contributed by atoms with Gasteiger partial charge in [-0.25, -0.2) is 4.79 Å². The maximum absolute atomic E-state index is 10.8. The Morgan fingerprint density at radius 2 is 1.83 bits per heavy atom. The molecule has 0 bridgehead atoms. The van der Waals surface area contributed by atoms with E-state index in [1.165, 1.54) is 4.90 Å². The number of benzene rings is 2. The SMILES string of the molecule is O=C(O)c1ccc(CNCCCCSc2ccccc2Br)cc1. The number of unbranched alkanes of at least 4 members (excludes halogenated alkanes) is 1. The Morgan fingerprint density at radius 3 is 2.52 bits per heavy atom. The summed E-state index contributed by atoms with van der Waals surface area (Å²) in [5.74, 6) is 0.226. The first kappa shape index (κ1) is 18.0. The number of carbonyl (C=O) groups is 1. The van der Waals surface area contributed by atoms with Crippen LogP contribution < -0.4 is 5.32 Å². The molecule has 122 valence electrons. The fourth-order valence-corrected chi connectivity index (χ4v) is 3.67. The second-order valence-electron chi connectivity index (χ2n) is 5.16. The average Bonchev–Trinajstić information content (AvgIpc) is 2.56. The van der Waals surface area contributed by atoms with Crippen LogP contribution in [0.2, 0.25) is 0 Å². The Bertz CT molecular complexity index is 631. The van der Waals surface area contributed by atoms with Crippen LogP contribution in [0.15, 0.2) is 57.9 Å². The zero-order valence-electron chi connectivity index (χ0n) is 12.8. The minimum absolute atomic E-state index is 0.331. The molecule has 2 rings (SSSR count). The molecule has 2 N–H and O–H groups in total. The lowest BCUT2D eigenvalue weighted by molar-refractivity contribution is 0.0697. The molecule has 2 aromatic carbocycles. The first-order valence-corrected chi connectivity index (χ1v) is 9.35.